The first kappa shape index (κ1) is 13.9. The van der Waals surface area contributed by atoms with Gasteiger partial charge in [0.2, 0.25) is 10.0 Å². The van der Waals surface area contributed by atoms with E-state index in [9.17, 15) is 8.42 Å². The number of fused-ring (bicyclic) bond motifs is 1. The highest BCUT2D eigenvalue weighted by Gasteiger charge is 2.20. The molecule has 0 saturated heterocycles. The number of rotatable bonds is 5. The highest BCUT2D eigenvalue weighted by atomic mass is 32.2. The van der Waals surface area contributed by atoms with E-state index in [1.807, 2.05) is 6.92 Å². The molecule has 0 radical (unpaired) electrons. The molecule has 1 heterocycles. The summed E-state index contributed by atoms with van der Waals surface area (Å²) in [6, 6.07) is 7.90. The van der Waals surface area contributed by atoms with Gasteiger partial charge in [-0.05, 0) is 30.7 Å². The average Bonchev–Trinajstić information content (AvgIpc) is 2.44. The van der Waals surface area contributed by atoms with Crippen molar-refractivity contribution in [3.05, 3.63) is 36.5 Å². The molecule has 0 aliphatic rings. The molecule has 1 aromatic carbocycles. The summed E-state index contributed by atoms with van der Waals surface area (Å²) >= 11 is 0. The summed E-state index contributed by atoms with van der Waals surface area (Å²) in [5.74, 6) is 0. The minimum Gasteiger partial charge on any atom is -0.395 e. The van der Waals surface area contributed by atoms with Crippen molar-refractivity contribution in [1.29, 1.82) is 0 Å². The van der Waals surface area contributed by atoms with Gasteiger partial charge in [0.1, 0.15) is 0 Å². The van der Waals surface area contributed by atoms with Gasteiger partial charge >= 0.3 is 0 Å². The van der Waals surface area contributed by atoms with Crippen molar-refractivity contribution < 1.29 is 13.5 Å². The van der Waals surface area contributed by atoms with Crippen molar-refractivity contribution in [3.63, 3.8) is 0 Å². The van der Waals surface area contributed by atoms with Crippen LogP contribution in [0.1, 0.15) is 13.3 Å². The summed E-state index contributed by atoms with van der Waals surface area (Å²) in [6.45, 7) is 1.59. The molecule has 2 rings (SSSR count). The quantitative estimate of drug-likeness (QED) is 0.865. The number of benzene rings is 1. The van der Waals surface area contributed by atoms with Gasteiger partial charge in [-0.25, -0.2) is 13.1 Å². The van der Waals surface area contributed by atoms with E-state index in [2.05, 4.69) is 9.71 Å². The summed E-state index contributed by atoms with van der Waals surface area (Å²) in [5.41, 5.74) is 0.627. The average molecular weight is 280 g/mol. The van der Waals surface area contributed by atoms with Gasteiger partial charge in [-0.3, -0.25) is 4.98 Å². The van der Waals surface area contributed by atoms with Crippen LogP contribution in [0, 0.1) is 0 Å². The standard InChI is InChI=1S/C13H16N2O3S/c1-2-10(9-16)15-19(17,18)13-7-3-6-12-11(13)5-4-8-14-12/h3-8,10,15-16H,2,9H2,1H3/t10-/m1/s1. The van der Waals surface area contributed by atoms with Crippen molar-refractivity contribution in [2.24, 2.45) is 0 Å². The lowest BCUT2D eigenvalue weighted by Gasteiger charge is -2.15. The third-order valence-corrected chi connectivity index (χ3v) is 4.51. The van der Waals surface area contributed by atoms with Crippen molar-refractivity contribution >= 4 is 20.9 Å². The van der Waals surface area contributed by atoms with Crippen molar-refractivity contribution in [2.45, 2.75) is 24.3 Å². The summed E-state index contributed by atoms with van der Waals surface area (Å²) in [5, 5.41) is 9.68. The van der Waals surface area contributed by atoms with Gasteiger partial charge < -0.3 is 5.11 Å². The van der Waals surface area contributed by atoms with Gasteiger partial charge in [0, 0.05) is 17.6 Å². The zero-order valence-electron chi connectivity index (χ0n) is 10.6. The van der Waals surface area contributed by atoms with E-state index in [0.717, 1.165) is 0 Å². The first-order valence-electron chi connectivity index (χ1n) is 6.05. The Bertz CT molecular complexity index is 661. The Kier molecular flexibility index (Phi) is 4.14. The lowest BCUT2D eigenvalue weighted by atomic mass is 10.2. The van der Waals surface area contributed by atoms with Crippen LogP contribution in [0.5, 0.6) is 0 Å². The van der Waals surface area contributed by atoms with Crippen LogP contribution < -0.4 is 4.72 Å². The Balaban J connectivity index is 2.49. The second-order valence-corrected chi connectivity index (χ2v) is 5.92. The van der Waals surface area contributed by atoms with Crippen LogP contribution in [0.4, 0.5) is 0 Å². The molecule has 5 nitrogen and oxygen atoms in total. The Hall–Kier alpha value is -1.50. The fraction of sp³-hybridized carbons (Fsp3) is 0.308. The Morgan fingerprint density at radius 1 is 1.32 bits per heavy atom. The van der Waals surface area contributed by atoms with Gasteiger partial charge in [-0.2, -0.15) is 0 Å². The number of hydrogen-bond acceptors (Lipinski definition) is 4. The number of aliphatic hydroxyl groups excluding tert-OH is 1. The summed E-state index contributed by atoms with van der Waals surface area (Å²) in [4.78, 5) is 4.32. The van der Waals surface area contributed by atoms with Crippen LogP contribution in [-0.2, 0) is 10.0 Å². The normalized spacial score (nSPS) is 13.6. The lowest BCUT2D eigenvalue weighted by Crippen LogP contribution is -2.36. The Labute approximate surface area is 112 Å². The summed E-state index contributed by atoms with van der Waals surface area (Å²) in [6.07, 6.45) is 2.15. The van der Waals surface area contributed by atoms with Crippen LogP contribution in [-0.4, -0.2) is 31.2 Å². The molecule has 0 fully saturated rings. The van der Waals surface area contributed by atoms with E-state index in [-0.39, 0.29) is 11.5 Å². The molecule has 0 aliphatic carbocycles. The van der Waals surface area contributed by atoms with Gasteiger partial charge in [-0.15, -0.1) is 0 Å². The maximum absolute atomic E-state index is 12.3. The summed E-state index contributed by atoms with van der Waals surface area (Å²) < 4.78 is 27.1. The predicted molar refractivity (Wildman–Crippen MR) is 73.2 cm³/mol. The number of sulfonamides is 1. The molecular formula is C13H16N2O3S. The van der Waals surface area contributed by atoms with Crippen LogP contribution in [0.15, 0.2) is 41.4 Å². The maximum Gasteiger partial charge on any atom is 0.241 e. The molecule has 0 amide bonds. The minimum absolute atomic E-state index is 0.185. The van der Waals surface area contributed by atoms with Gasteiger partial charge in [0.05, 0.1) is 17.0 Å². The topological polar surface area (TPSA) is 79.3 Å². The molecule has 102 valence electrons. The first-order valence-corrected chi connectivity index (χ1v) is 7.53. The van der Waals surface area contributed by atoms with E-state index in [0.29, 0.717) is 17.3 Å². The third-order valence-electron chi connectivity index (χ3n) is 2.93. The van der Waals surface area contributed by atoms with Crippen LogP contribution in [0.3, 0.4) is 0 Å². The first-order chi connectivity index (χ1) is 9.08. The van der Waals surface area contributed by atoms with E-state index < -0.39 is 16.1 Å². The Morgan fingerprint density at radius 3 is 2.79 bits per heavy atom. The number of nitrogens with one attached hydrogen (secondary N) is 1. The second-order valence-electron chi connectivity index (χ2n) is 4.24. The minimum atomic E-state index is -3.66. The lowest BCUT2D eigenvalue weighted by molar-refractivity contribution is 0.254. The third kappa shape index (κ3) is 2.91. The molecule has 1 aromatic heterocycles. The van der Waals surface area contributed by atoms with Crippen LogP contribution >= 0.6 is 0 Å². The van der Waals surface area contributed by atoms with E-state index in [1.165, 1.54) is 6.07 Å². The van der Waals surface area contributed by atoms with E-state index in [1.54, 1.807) is 30.5 Å². The fourth-order valence-corrected chi connectivity index (χ4v) is 3.37. The second kappa shape index (κ2) is 5.64. The predicted octanol–water partition coefficient (Wildman–Crippen LogP) is 1.28. The van der Waals surface area contributed by atoms with Gasteiger partial charge in [0.15, 0.2) is 0 Å². The molecule has 6 heteroatoms. The molecule has 19 heavy (non-hydrogen) atoms. The zero-order chi connectivity index (χ0) is 13.9. The molecule has 0 unspecified atom stereocenters. The number of hydrogen-bond donors (Lipinski definition) is 2. The summed E-state index contributed by atoms with van der Waals surface area (Å²) in [7, 11) is -3.66. The van der Waals surface area contributed by atoms with E-state index in [4.69, 9.17) is 5.11 Å². The van der Waals surface area contributed by atoms with E-state index >= 15 is 0 Å². The molecule has 0 aliphatic heterocycles. The number of pyridine rings is 1. The zero-order valence-corrected chi connectivity index (χ0v) is 11.4. The monoisotopic (exact) mass is 280 g/mol. The molecule has 1 atom stereocenters. The SMILES string of the molecule is CC[C@H](CO)NS(=O)(=O)c1cccc2ncccc12. The maximum atomic E-state index is 12.3. The number of aromatic nitrogens is 1. The highest BCUT2D eigenvalue weighted by molar-refractivity contribution is 7.89. The number of nitrogens with zero attached hydrogens (tertiary/aromatic N) is 1. The van der Waals surface area contributed by atoms with Crippen LogP contribution in [0.25, 0.3) is 10.9 Å². The molecular weight excluding hydrogens is 264 g/mol. The molecule has 0 spiro atoms. The molecule has 2 aromatic rings. The fourth-order valence-electron chi connectivity index (χ4n) is 1.84. The molecule has 0 saturated carbocycles. The van der Waals surface area contributed by atoms with Crippen molar-refractivity contribution in [1.82, 2.24) is 9.71 Å². The van der Waals surface area contributed by atoms with Crippen molar-refractivity contribution in [2.75, 3.05) is 6.61 Å². The van der Waals surface area contributed by atoms with Crippen molar-refractivity contribution in [3.8, 4) is 0 Å². The largest absolute Gasteiger partial charge is 0.395 e. The van der Waals surface area contributed by atoms with Crippen LogP contribution in [0.2, 0.25) is 0 Å². The molecule has 2 N–H and O–H groups in total. The molecule has 0 bridgehead atoms. The smallest absolute Gasteiger partial charge is 0.241 e. The van der Waals surface area contributed by atoms with Gasteiger partial charge in [-0.1, -0.05) is 13.0 Å². The highest BCUT2D eigenvalue weighted by Crippen LogP contribution is 2.21. The number of aliphatic hydroxyl groups is 1. The van der Waals surface area contributed by atoms with Gasteiger partial charge in [0.25, 0.3) is 0 Å². The Morgan fingerprint density at radius 2 is 2.11 bits per heavy atom.